The molecule has 0 aromatic heterocycles. The van der Waals surface area contributed by atoms with Crippen LogP contribution >= 0.6 is 12.2 Å². The van der Waals surface area contributed by atoms with Gasteiger partial charge in [0.1, 0.15) is 23.7 Å². The van der Waals surface area contributed by atoms with Crippen molar-refractivity contribution in [2.24, 2.45) is 0 Å². The van der Waals surface area contributed by atoms with Crippen LogP contribution in [0.25, 0.3) is 6.08 Å². The number of nitrogens with zero attached hydrogens (tertiary/aromatic N) is 1. The van der Waals surface area contributed by atoms with E-state index in [2.05, 4.69) is 5.32 Å². The van der Waals surface area contributed by atoms with Crippen LogP contribution in [0.3, 0.4) is 0 Å². The van der Waals surface area contributed by atoms with E-state index in [4.69, 9.17) is 17.0 Å². The summed E-state index contributed by atoms with van der Waals surface area (Å²) in [7, 11) is 0. The molecular weight excluding hydrogens is 387 g/mol. The minimum atomic E-state index is -1.43. The third kappa shape index (κ3) is 3.89. The van der Waals surface area contributed by atoms with Crippen LogP contribution in [0.4, 0.5) is 10.1 Å². The molecule has 9 heteroatoms. The molecule has 0 unspecified atom stereocenters. The van der Waals surface area contributed by atoms with Crippen LogP contribution in [0.1, 0.15) is 5.56 Å². The molecule has 1 N–H and O–H groups in total. The number of carbonyl (C=O) groups excluding carboxylic acids is 3. The molecule has 1 aliphatic rings. The number of amides is 2. The third-order valence-electron chi connectivity index (χ3n) is 3.76. The Labute approximate surface area is 164 Å². The second-order valence-corrected chi connectivity index (χ2v) is 5.99. The maximum Gasteiger partial charge on any atom is 0.270 e. The highest BCUT2D eigenvalue weighted by Gasteiger charge is 2.35. The summed E-state index contributed by atoms with van der Waals surface area (Å²) in [6.07, 6.45) is 1.22. The number of hydrogen-bond acceptors (Lipinski definition) is 6. The van der Waals surface area contributed by atoms with Gasteiger partial charge in [0, 0.05) is 5.56 Å². The van der Waals surface area contributed by atoms with Gasteiger partial charge in [-0.05, 0) is 36.5 Å². The van der Waals surface area contributed by atoms with Gasteiger partial charge < -0.3 is 14.6 Å². The second kappa shape index (κ2) is 7.97. The number of benzene rings is 2. The molecule has 2 amide bonds. The summed E-state index contributed by atoms with van der Waals surface area (Å²) in [6.45, 7) is -0.703. The fourth-order valence-corrected chi connectivity index (χ4v) is 2.81. The van der Waals surface area contributed by atoms with Gasteiger partial charge >= 0.3 is 0 Å². The first-order valence-electron chi connectivity index (χ1n) is 7.96. The van der Waals surface area contributed by atoms with E-state index in [9.17, 15) is 23.9 Å². The molecule has 0 saturated carbocycles. The predicted octanol–water partition coefficient (Wildman–Crippen LogP) is 0.786. The number of hydrogen-bond donors (Lipinski definition) is 1. The first kappa shape index (κ1) is 19.2. The van der Waals surface area contributed by atoms with Gasteiger partial charge in [-0.15, -0.1) is 0 Å². The quantitative estimate of drug-likeness (QED) is 0.453. The lowest BCUT2D eigenvalue weighted by molar-refractivity contribution is -0.307. The van der Waals surface area contributed by atoms with E-state index >= 15 is 0 Å². The summed E-state index contributed by atoms with van der Waals surface area (Å²) >= 11 is 5.02. The summed E-state index contributed by atoms with van der Waals surface area (Å²) < 4.78 is 19.3. The van der Waals surface area contributed by atoms with Crippen molar-refractivity contribution in [1.82, 2.24) is 5.32 Å². The van der Waals surface area contributed by atoms with Gasteiger partial charge in [-0.3, -0.25) is 14.9 Å². The highest BCUT2D eigenvalue weighted by Crippen LogP contribution is 2.26. The lowest BCUT2D eigenvalue weighted by atomic mass is 10.1. The van der Waals surface area contributed by atoms with E-state index in [0.717, 1.165) is 11.0 Å². The van der Waals surface area contributed by atoms with Crippen LogP contribution in [-0.2, 0) is 14.4 Å². The van der Waals surface area contributed by atoms with Crippen LogP contribution < -0.4 is 20.1 Å². The van der Waals surface area contributed by atoms with E-state index in [1.54, 1.807) is 12.1 Å². The topological polar surface area (TPSA) is 98.8 Å². The largest absolute Gasteiger partial charge is 0.546 e. The fourth-order valence-electron chi connectivity index (χ4n) is 2.53. The second-order valence-electron chi connectivity index (χ2n) is 5.61. The molecule has 2 aromatic carbocycles. The molecule has 1 fully saturated rings. The number of rotatable bonds is 5. The number of halogens is 1. The van der Waals surface area contributed by atoms with E-state index < -0.39 is 30.2 Å². The van der Waals surface area contributed by atoms with Crippen molar-refractivity contribution in [3.05, 3.63) is 65.5 Å². The van der Waals surface area contributed by atoms with Gasteiger partial charge in [0.15, 0.2) is 5.11 Å². The van der Waals surface area contributed by atoms with Gasteiger partial charge in [0.2, 0.25) is 0 Å². The number of ether oxygens (including phenoxy) is 1. The standard InChI is InChI=1S/C19H13FN2O5S/c20-13-6-2-3-7-14(13)22-18(26)12(17(25)21-19(22)28)9-11-5-1-4-8-15(11)27-10-16(23)24/h1-9H,10H2,(H,23,24)(H,21,25,28)/p-1/b12-9-. The minimum Gasteiger partial charge on any atom is -0.546 e. The molecular formula is C19H12FN2O5S-. The summed E-state index contributed by atoms with van der Waals surface area (Å²) in [5.41, 5.74) is -0.144. The molecule has 3 rings (SSSR count). The van der Waals surface area contributed by atoms with E-state index in [0.29, 0.717) is 0 Å². The molecule has 0 bridgehead atoms. The molecule has 0 spiro atoms. The fraction of sp³-hybridized carbons (Fsp3) is 0.0526. The van der Waals surface area contributed by atoms with Crippen molar-refractivity contribution in [3.8, 4) is 5.75 Å². The predicted molar refractivity (Wildman–Crippen MR) is 99.5 cm³/mol. The molecule has 0 aliphatic carbocycles. The molecule has 0 atom stereocenters. The lowest BCUT2D eigenvalue weighted by Gasteiger charge is -2.29. The number of aliphatic carboxylic acids is 1. The Morgan fingerprint density at radius 1 is 1.18 bits per heavy atom. The number of thiocarbonyl (C=S) groups is 1. The molecule has 28 heavy (non-hydrogen) atoms. The van der Waals surface area contributed by atoms with Crippen molar-refractivity contribution in [2.45, 2.75) is 0 Å². The average Bonchev–Trinajstić information content (AvgIpc) is 2.65. The van der Waals surface area contributed by atoms with Gasteiger partial charge in [-0.1, -0.05) is 30.3 Å². The SMILES string of the molecule is O=C([O-])COc1ccccc1/C=C1/C(=O)NC(=S)N(c2ccccc2F)C1=O. The third-order valence-corrected chi connectivity index (χ3v) is 4.04. The molecule has 1 saturated heterocycles. The zero-order chi connectivity index (χ0) is 20.3. The molecule has 1 heterocycles. The average molecular weight is 399 g/mol. The lowest BCUT2D eigenvalue weighted by Crippen LogP contribution is -2.54. The zero-order valence-corrected chi connectivity index (χ0v) is 15.0. The van der Waals surface area contributed by atoms with E-state index in [-0.39, 0.29) is 27.7 Å². The number of anilines is 1. The maximum absolute atomic E-state index is 14.1. The van der Waals surface area contributed by atoms with Gasteiger partial charge in [-0.25, -0.2) is 9.29 Å². The summed E-state index contributed by atoms with van der Waals surface area (Å²) in [4.78, 5) is 36.7. The Kier molecular flexibility index (Phi) is 5.46. The normalized spacial score (nSPS) is 15.5. The van der Waals surface area contributed by atoms with Crippen molar-refractivity contribution in [3.63, 3.8) is 0 Å². The van der Waals surface area contributed by atoms with E-state index in [1.165, 1.54) is 36.4 Å². The van der Waals surface area contributed by atoms with Crippen LogP contribution in [-0.4, -0.2) is 29.5 Å². The molecule has 7 nitrogen and oxygen atoms in total. The van der Waals surface area contributed by atoms with Crippen molar-refractivity contribution in [2.75, 3.05) is 11.5 Å². The zero-order valence-electron chi connectivity index (χ0n) is 14.2. The summed E-state index contributed by atoms with van der Waals surface area (Å²) in [5.74, 6) is -3.58. The van der Waals surface area contributed by atoms with Crippen LogP contribution in [0.2, 0.25) is 0 Å². The number of para-hydroxylation sites is 2. The Balaban J connectivity index is 2.01. The first-order chi connectivity index (χ1) is 13.4. The van der Waals surface area contributed by atoms with Gasteiger partial charge in [-0.2, -0.15) is 0 Å². The monoisotopic (exact) mass is 399 g/mol. The van der Waals surface area contributed by atoms with Crippen LogP contribution in [0, 0.1) is 5.82 Å². The van der Waals surface area contributed by atoms with Crippen molar-refractivity contribution in [1.29, 1.82) is 0 Å². The molecule has 0 radical (unpaired) electrons. The van der Waals surface area contributed by atoms with Crippen molar-refractivity contribution >= 4 is 46.9 Å². The van der Waals surface area contributed by atoms with Gasteiger partial charge in [0.25, 0.3) is 11.8 Å². The Morgan fingerprint density at radius 2 is 1.86 bits per heavy atom. The van der Waals surface area contributed by atoms with Gasteiger partial charge in [0.05, 0.1) is 11.7 Å². The number of nitrogens with one attached hydrogen (secondary N) is 1. The summed E-state index contributed by atoms with van der Waals surface area (Å²) in [5, 5.41) is 12.7. The van der Waals surface area contributed by atoms with E-state index in [1.807, 2.05) is 0 Å². The molecule has 142 valence electrons. The highest BCUT2D eigenvalue weighted by atomic mass is 32.1. The van der Waals surface area contributed by atoms with Crippen LogP contribution in [0.5, 0.6) is 5.75 Å². The maximum atomic E-state index is 14.1. The first-order valence-corrected chi connectivity index (χ1v) is 8.37. The Bertz CT molecular complexity index is 1020. The molecule has 2 aromatic rings. The number of carboxylic acid groups (broad SMARTS) is 1. The number of carbonyl (C=O) groups is 3. The smallest absolute Gasteiger partial charge is 0.270 e. The Morgan fingerprint density at radius 3 is 2.57 bits per heavy atom. The Hall–Kier alpha value is -3.59. The molecule has 1 aliphatic heterocycles. The summed E-state index contributed by atoms with van der Waals surface area (Å²) in [6, 6.07) is 11.7. The van der Waals surface area contributed by atoms with Crippen LogP contribution in [0.15, 0.2) is 54.1 Å². The number of carboxylic acids is 1. The van der Waals surface area contributed by atoms with Crippen molar-refractivity contribution < 1.29 is 28.6 Å². The minimum absolute atomic E-state index is 0.107. The highest BCUT2D eigenvalue weighted by molar-refractivity contribution is 7.80.